The van der Waals surface area contributed by atoms with Gasteiger partial charge in [-0.3, -0.25) is 9.59 Å². The molecule has 8 heteroatoms. The average Bonchev–Trinajstić information content (AvgIpc) is 3.34. The smallest absolute Gasteiger partial charge is 0.251 e. The highest BCUT2D eigenvalue weighted by molar-refractivity contribution is 7.15. The third-order valence-electron chi connectivity index (χ3n) is 4.97. The van der Waals surface area contributed by atoms with E-state index >= 15 is 0 Å². The molecule has 0 aliphatic carbocycles. The van der Waals surface area contributed by atoms with E-state index in [0.29, 0.717) is 17.1 Å². The van der Waals surface area contributed by atoms with Crippen molar-refractivity contribution in [2.45, 2.75) is 26.7 Å². The first kappa shape index (κ1) is 20.9. The summed E-state index contributed by atoms with van der Waals surface area (Å²) in [6.45, 7) is 4.32. The fourth-order valence-corrected chi connectivity index (χ4v) is 4.29. The molecule has 1 aromatic heterocycles. The summed E-state index contributed by atoms with van der Waals surface area (Å²) in [6, 6.07) is 13.2. The van der Waals surface area contributed by atoms with Gasteiger partial charge in [-0.25, -0.2) is 4.98 Å². The average molecular weight is 438 g/mol. The number of aryl methyl sites for hydroxylation is 2. The predicted octanol–water partition coefficient (Wildman–Crippen LogP) is 3.84. The Bertz CT molecular complexity index is 1130. The Morgan fingerprint density at radius 3 is 2.74 bits per heavy atom. The summed E-state index contributed by atoms with van der Waals surface area (Å²) in [5.41, 5.74) is 3.49. The van der Waals surface area contributed by atoms with E-state index < -0.39 is 0 Å². The molecule has 7 nitrogen and oxygen atoms in total. The molecule has 3 aromatic rings. The Morgan fingerprint density at radius 2 is 1.90 bits per heavy atom. The SMILES string of the molecule is Cc1ccccc1C(=O)NCCC(=O)Nc1nc(C)c(Cc2ccc3c(c2)OCO3)s1. The van der Waals surface area contributed by atoms with E-state index in [0.717, 1.165) is 33.2 Å². The van der Waals surface area contributed by atoms with Crippen LogP contribution in [0.25, 0.3) is 0 Å². The van der Waals surface area contributed by atoms with E-state index in [-0.39, 0.29) is 31.6 Å². The van der Waals surface area contributed by atoms with E-state index in [4.69, 9.17) is 9.47 Å². The van der Waals surface area contributed by atoms with Gasteiger partial charge in [-0.15, -0.1) is 11.3 Å². The summed E-state index contributed by atoms with van der Waals surface area (Å²) < 4.78 is 10.8. The van der Waals surface area contributed by atoms with Gasteiger partial charge in [0, 0.05) is 29.8 Å². The fraction of sp³-hybridized carbons (Fsp3) is 0.261. The molecule has 31 heavy (non-hydrogen) atoms. The highest BCUT2D eigenvalue weighted by Crippen LogP contribution is 2.34. The molecule has 0 saturated carbocycles. The van der Waals surface area contributed by atoms with Crippen molar-refractivity contribution >= 4 is 28.3 Å². The van der Waals surface area contributed by atoms with Gasteiger partial charge in [0.2, 0.25) is 12.7 Å². The summed E-state index contributed by atoms with van der Waals surface area (Å²) >= 11 is 1.45. The first-order valence-corrected chi connectivity index (χ1v) is 10.8. The molecule has 0 radical (unpaired) electrons. The number of ether oxygens (including phenoxy) is 2. The van der Waals surface area contributed by atoms with Gasteiger partial charge in [-0.1, -0.05) is 24.3 Å². The van der Waals surface area contributed by atoms with Gasteiger partial charge >= 0.3 is 0 Å². The maximum atomic E-state index is 12.3. The van der Waals surface area contributed by atoms with E-state index in [1.165, 1.54) is 11.3 Å². The van der Waals surface area contributed by atoms with Gasteiger partial charge in [0.25, 0.3) is 5.91 Å². The molecule has 2 N–H and O–H groups in total. The molecular weight excluding hydrogens is 414 g/mol. The van der Waals surface area contributed by atoms with Crippen molar-refractivity contribution in [3.8, 4) is 11.5 Å². The number of benzene rings is 2. The number of carbonyl (C=O) groups is 2. The number of thiazole rings is 1. The van der Waals surface area contributed by atoms with Crippen LogP contribution in [0.1, 0.15) is 38.5 Å². The number of carbonyl (C=O) groups excluding carboxylic acids is 2. The van der Waals surface area contributed by atoms with E-state index in [1.54, 1.807) is 6.07 Å². The minimum atomic E-state index is -0.187. The lowest BCUT2D eigenvalue weighted by Gasteiger charge is -2.07. The number of fused-ring (bicyclic) bond motifs is 1. The number of amides is 2. The molecule has 2 aromatic carbocycles. The zero-order valence-corrected chi connectivity index (χ0v) is 18.2. The minimum absolute atomic E-state index is 0.174. The summed E-state index contributed by atoms with van der Waals surface area (Å²) in [7, 11) is 0. The molecule has 0 saturated heterocycles. The highest BCUT2D eigenvalue weighted by Gasteiger charge is 2.16. The number of nitrogens with zero attached hydrogens (tertiary/aromatic N) is 1. The predicted molar refractivity (Wildman–Crippen MR) is 119 cm³/mol. The molecule has 4 rings (SSSR count). The number of hydrogen-bond donors (Lipinski definition) is 2. The third kappa shape index (κ3) is 5.03. The van der Waals surface area contributed by atoms with Crippen LogP contribution < -0.4 is 20.1 Å². The lowest BCUT2D eigenvalue weighted by atomic mass is 10.1. The van der Waals surface area contributed by atoms with Crippen molar-refractivity contribution in [2.75, 3.05) is 18.7 Å². The van der Waals surface area contributed by atoms with Crippen LogP contribution in [-0.2, 0) is 11.2 Å². The molecular formula is C23H23N3O4S. The minimum Gasteiger partial charge on any atom is -0.454 e. The maximum Gasteiger partial charge on any atom is 0.251 e. The lowest BCUT2D eigenvalue weighted by molar-refractivity contribution is -0.116. The van der Waals surface area contributed by atoms with Crippen molar-refractivity contribution in [1.29, 1.82) is 0 Å². The van der Waals surface area contributed by atoms with E-state index in [1.807, 2.05) is 50.2 Å². The number of nitrogens with one attached hydrogen (secondary N) is 2. The first-order valence-electron chi connectivity index (χ1n) is 9.98. The van der Waals surface area contributed by atoms with Gasteiger partial charge in [0.05, 0.1) is 5.69 Å². The van der Waals surface area contributed by atoms with Crippen molar-refractivity contribution < 1.29 is 19.1 Å². The van der Waals surface area contributed by atoms with Crippen LogP contribution in [0.15, 0.2) is 42.5 Å². The Hall–Kier alpha value is -3.39. The van der Waals surface area contributed by atoms with Crippen molar-refractivity contribution in [3.05, 3.63) is 69.7 Å². The number of rotatable bonds is 7. The Balaban J connectivity index is 1.29. The molecule has 2 amide bonds. The Labute approximate surface area is 184 Å². The zero-order chi connectivity index (χ0) is 21.8. The van der Waals surface area contributed by atoms with Gasteiger partial charge in [-0.05, 0) is 43.2 Å². The molecule has 1 aliphatic rings. The Kier molecular flexibility index (Phi) is 6.18. The van der Waals surface area contributed by atoms with Gasteiger partial charge in [-0.2, -0.15) is 0 Å². The second-order valence-electron chi connectivity index (χ2n) is 7.26. The normalized spacial score (nSPS) is 11.9. The molecule has 2 heterocycles. The van der Waals surface area contributed by atoms with Crippen LogP contribution in [0, 0.1) is 13.8 Å². The Morgan fingerprint density at radius 1 is 1.10 bits per heavy atom. The van der Waals surface area contributed by atoms with Crippen LogP contribution in [0.5, 0.6) is 11.5 Å². The van der Waals surface area contributed by atoms with Crippen LogP contribution >= 0.6 is 11.3 Å². The molecule has 0 spiro atoms. The molecule has 0 fully saturated rings. The van der Waals surface area contributed by atoms with Crippen LogP contribution in [0.4, 0.5) is 5.13 Å². The molecule has 0 bridgehead atoms. The maximum absolute atomic E-state index is 12.3. The van der Waals surface area contributed by atoms with E-state index in [9.17, 15) is 9.59 Å². The van der Waals surface area contributed by atoms with Crippen LogP contribution in [0.2, 0.25) is 0 Å². The van der Waals surface area contributed by atoms with Crippen molar-refractivity contribution in [3.63, 3.8) is 0 Å². The second kappa shape index (κ2) is 9.18. The summed E-state index contributed by atoms with van der Waals surface area (Å²) in [5, 5.41) is 6.17. The van der Waals surface area contributed by atoms with Gasteiger partial charge < -0.3 is 20.1 Å². The third-order valence-corrected chi connectivity index (χ3v) is 6.04. The topological polar surface area (TPSA) is 89.6 Å². The molecule has 0 atom stereocenters. The zero-order valence-electron chi connectivity index (χ0n) is 17.4. The number of hydrogen-bond acceptors (Lipinski definition) is 6. The van der Waals surface area contributed by atoms with Crippen LogP contribution in [0.3, 0.4) is 0 Å². The standard InChI is InChI=1S/C23H23N3O4S/c1-14-5-3-4-6-17(14)22(28)24-10-9-21(27)26-23-25-15(2)20(31-23)12-16-7-8-18-19(11-16)30-13-29-18/h3-8,11H,9-10,12-13H2,1-2H3,(H,24,28)(H,25,26,27). The molecule has 160 valence electrons. The summed E-state index contributed by atoms with van der Waals surface area (Å²) in [6.07, 6.45) is 0.871. The highest BCUT2D eigenvalue weighted by atomic mass is 32.1. The number of aromatic nitrogens is 1. The molecule has 0 unspecified atom stereocenters. The molecule has 1 aliphatic heterocycles. The van der Waals surface area contributed by atoms with Crippen LogP contribution in [-0.4, -0.2) is 30.1 Å². The lowest BCUT2D eigenvalue weighted by Crippen LogP contribution is -2.28. The van der Waals surface area contributed by atoms with E-state index in [2.05, 4.69) is 15.6 Å². The summed E-state index contributed by atoms with van der Waals surface area (Å²) in [4.78, 5) is 30.0. The monoisotopic (exact) mass is 437 g/mol. The first-order chi connectivity index (χ1) is 15.0. The number of anilines is 1. The second-order valence-corrected chi connectivity index (χ2v) is 8.34. The fourth-order valence-electron chi connectivity index (χ4n) is 3.28. The quantitative estimate of drug-likeness (QED) is 0.586. The van der Waals surface area contributed by atoms with Gasteiger partial charge in [0.1, 0.15) is 0 Å². The van der Waals surface area contributed by atoms with Crippen molar-refractivity contribution in [2.24, 2.45) is 0 Å². The summed E-state index contributed by atoms with van der Waals surface area (Å²) in [5.74, 6) is 1.14. The largest absolute Gasteiger partial charge is 0.454 e. The van der Waals surface area contributed by atoms with Crippen molar-refractivity contribution in [1.82, 2.24) is 10.3 Å². The van der Waals surface area contributed by atoms with Gasteiger partial charge in [0.15, 0.2) is 16.6 Å².